The van der Waals surface area contributed by atoms with Gasteiger partial charge < -0.3 is 4.90 Å². The van der Waals surface area contributed by atoms with Crippen molar-refractivity contribution in [1.29, 1.82) is 5.26 Å². The molecule has 0 aromatic carbocycles. The quantitative estimate of drug-likeness (QED) is 0.680. The smallest absolute Gasteiger partial charge is 0.0672 e. The van der Waals surface area contributed by atoms with E-state index in [9.17, 15) is 5.26 Å². The monoisotopic (exact) mass is 251 g/mol. The van der Waals surface area contributed by atoms with E-state index in [2.05, 4.69) is 36.9 Å². The minimum absolute atomic E-state index is 0.256. The predicted octanol–water partition coefficient (Wildman–Crippen LogP) is 2.73. The minimum atomic E-state index is 0.256. The summed E-state index contributed by atoms with van der Waals surface area (Å²) >= 11 is 0. The number of rotatable bonds is 6. The fourth-order valence-corrected chi connectivity index (χ4v) is 3.02. The molecule has 1 aliphatic rings. The second-order valence-corrected chi connectivity index (χ2v) is 5.73. The van der Waals surface area contributed by atoms with Gasteiger partial charge in [0.2, 0.25) is 0 Å². The molecule has 2 atom stereocenters. The van der Waals surface area contributed by atoms with E-state index in [1.54, 1.807) is 0 Å². The summed E-state index contributed by atoms with van der Waals surface area (Å²) in [5.41, 5.74) is 0. The van der Waals surface area contributed by atoms with Crippen LogP contribution in [0.15, 0.2) is 0 Å². The van der Waals surface area contributed by atoms with Gasteiger partial charge in [0.1, 0.15) is 0 Å². The Bertz CT molecular complexity index is 257. The van der Waals surface area contributed by atoms with Crippen molar-refractivity contribution in [3.63, 3.8) is 0 Å². The summed E-state index contributed by atoms with van der Waals surface area (Å²) in [5, 5.41) is 9.36. The molecule has 0 radical (unpaired) electrons. The lowest BCUT2D eigenvalue weighted by Crippen LogP contribution is -2.41. The Morgan fingerprint density at radius 1 is 1.11 bits per heavy atom. The van der Waals surface area contributed by atoms with Crippen LogP contribution < -0.4 is 0 Å². The molecule has 0 heterocycles. The average molecular weight is 251 g/mol. The Morgan fingerprint density at radius 3 is 2.44 bits per heavy atom. The fourth-order valence-electron chi connectivity index (χ4n) is 3.02. The lowest BCUT2D eigenvalue weighted by atomic mass is 9.94. The second kappa shape index (κ2) is 8.50. The molecule has 1 aliphatic carbocycles. The predicted molar refractivity (Wildman–Crippen MR) is 76.4 cm³/mol. The third-order valence-electron chi connectivity index (χ3n) is 4.07. The van der Waals surface area contributed by atoms with Gasteiger partial charge in [-0.05, 0) is 53.0 Å². The minimum Gasteiger partial charge on any atom is -0.309 e. The topological polar surface area (TPSA) is 30.3 Å². The van der Waals surface area contributed by atoms with Crippen LogP contribution in [-0.4, -0.2) is 49.6 Å². The summed E-state index contributed by atoms with van der Waals surface area (Å²) in [6, 6.07) is 3.06. The van der Waals surface area contributed by atoms with E-state index in [1.165, 1.54) is 32.1 Å². The zero-order valence-corrected chi connectivity index (χ0v) is 12.4. The van der Waals surface area contributed by atoms with Crippen LogP contribution in [0.1, 0.15) is 45.4 Å². The number of hydrogen-bond donors (Lipinski definition) is 0. The molecule has 0 N–H and O–H groups in total. The highest BCUT2D eigenvalue weighted by atomic mass is 15.2. The SMILES string of the molecule is CCN(CCCN(C)C)C1CCCCCC1C#N. The molecule has 1 fully saturated rings. The summed E-state index contributed by atoms with van der Waals surface area (Å²) in [4.78, 5) is 4.78. The number of hydrogen-bond acceptors (Lipinski definition) is 3. The van der Waals surface area contributed by atoms with Crippen LogP contribution in [0.3, 0.4) is 0 Å². The van der Waals surface area contributed by atoms with Crippen LogP contribution in [0.5, 0.6) is 0 Å². The van der Waals surface area contributed by atoms with E-state index in [0.717, 1.165) is 26.1 Å². The molecule has 104 valence electrons. The molecule has 3 heteroatoms. The highest BCUT2D eigenvalue weighted by molar-refractivity contribution is 4.94. The fraction of sp³-hybridized carbons (Fsp3) is 0.933. The van der Waals surface area contributed by atoms with E-state index in [0.29, 0.717) is 6.04 Å². The van der Waals surface area contributed by atoms with Crippen molar-refractivity contribution in [3.05, 3.63) is 0 Å². The van der Waals surface area contributed by atoms with Crippen LogP contribution in [0.4, 0.5) is 0 Å². The number of nitrogens with zero attached hydrogens (tertiary/aromatic N) is 3. The third-order valence-corrected chi connectivity index (χ3v) is 4.07. The molecule has 1 saturated carbocycles. The highest BCUT2D eigenvalue weighted by Crippen LogP contribution is 2.27. The molecule has 18 heavy (non-hydrogen) atoms. The zero-order valence-electron chi connectivity index (χ0n) is 12.4. The number of nitriles is 1. The average Bonchev–Trinajstić information content (AvgIpc) is 2.59. The molecule has 0 spiro atoms. The molecule has 0 amide bonds. The van der Waals surface area contributed by atoms with E-state index in [-0.39, 0.29) is 5.92 Å². The van der Waals surface area contributed by atoms with Gasteiger partial charge in [-0.3, -0.25) is 4.90 Å². The molecule has 0 aliphatic heterocycles. The Morgan fingerprint density at radius 2 is 1.83 bits per heavy atom. The van der Waals surface area contributed by atoms with Gasteiger partial charge in [-0.25, -0.2) is 0 Å². The van der Waals surface area contributed by atoms with Crippen LogP contribution in [0.2, 0.25) is 0 Å². The molecular weight excluding hydrogens is 222 g/mol. The summed E-state index contributed by atoms with van der Waals surface area (Å²) in [6.07, 6.45) is 7.37. The summed E-state index contributed by atoms with van der Waals surface area (Å²) in [5.74, 6) is 0.256. The van der Waals surface area contributed by atoms with E-state index in [4.69, 9.17) is 0 Å². The van der Waals surface area contributed by atoms with Crippen molar-refractivity contribution in [2.45, 2.75) is 51.5 Å². The first-order valence-corrected chi connectivity index (χ1v) is 7.47. The van der Waals surface area contributed by atoms with Gasteiger partial charge in [0.05, 0.1) is 12.0 Å². The van der Waals surface area contributed by atoms with Gasteiger partial charge in [-0.15, -0.1) is 0 Å². The normalized spacial score (nSPS) is 25.1. The molecule has 3 nitrogen and oxygen atoms in total. The first-order valence-electron chi connectivity index (χ1n) is 7.47. The van der Waals surface area contributed by atoms with E-state index in [1.807, 2.05) is 0 Å². The molecule has 0 saturated heterocycles. The van der Waals surface area contributed by atoms with Gasteiger partial charge >= 0.3 is 0 Å². The van der Waals surface area contributed by atoms with Crippen molar-refractivity contribution >= 4 is 0 Å². The standard InChI is InChI=1S/C15H29N3/c1-4-18(12-8-11-17(2)3)15-10-7-5-6-9-14(15)13-16/h14-15H,4-12H2,1-3H3. The Balaban J connectivity index is 2.52. The zero-order chi connectivity index (χ0) is 13.4. The van der Waals surface area contributed by atoms with E-state index < -0.39 is 0 Å². The third kappa shape index (κ3) is 4.96. The summed E-state index contributed by atoms with van der Waals surface area (Å²) < 4.78 is 0. The van der Waals surface area contributed by atoms with Crippen molar-refractivity contribution < 1.29 is 0 Å². The van der Waals surface area contributed by atoms with Gasteiger partial charge in [0.15, 0.2) is 0 Å². The molecular formula is C15H29N3. The van der Waals surface area contributed by atoms with Crippen LogP contribution in [-0.2, 0) is 0 Å². The maximum absolute atomic E-state index is 9.36. The first-order chi connectivity index (χ1) is 8.69. The Hall–Kier alpha value is -0.590. The van der Waals surface area contributed by atoms with Crippen LogP contribution in [0.25, 0.3) is 0 Å². The van der Waals surface area contributed by atoms with Gasteiger partial charge in [0.25, 0.3) is 0 Å². The largest absolute Gasteiger partial charge is 0.309 e. The molecule has 0 bridgehead atoms. The highest BCUT2D eigenvalue weighted by Gasteiger charge is 2.27. The van der Waals surface area contributed by atoms with Crippen molar-refractivity contribution in [2.75, 3.05) is 33.7 Å². The maximum Gasteiger partial charge on any atom is 0.0672 e. The summed E-state index contributed by atoms with van der Waals surface area (Å²) in [6.45, 7) is 5.59. The molecule has 0 aromatic rings. The maximum atomic E-state index is 9.36. The molecule has 0 aromatic heterocycles. The first kappa shape index (κ1) is 15.5. The summed E-state index contributed by atoms with van der Waals surface area (Å²) in [7, 11) is 4.25. The van der Waals surface area contributed by atoms with Gasteiger partial charge in [0, 0.05) is 6.04 Å². The van der Waals surface area contributed by atoms with Crippen molar-refractivity contribution in [1.82, 2.24) is 9.80 Å². The second-order valence-electron chi connectivity index (χ2n) is 5.73. The van der Waals surface area contributed by atoms with Crippen molar-refractivity contribution in [3.8, 4) is 6.07 Å². The van der Waals surface area contributed by atoms with Gasteiger partial charge in [-0.1, -0.05) is 26.2 Å². The Labute approximate surface area is 113 Å². The lowest BCUT2D eigenvalue weighted by molar-refractivity contribution is 0.155. The van der Waals surface area contributed by atoms with Crippen LogP contribution in [0, 0.1) is 17.2 Å². The molecule has 1 rings (SSSR count). The Kier molecular flexibility index (Phi) is 7.31. The molecule has 2 unspecified atom stereocenters. The van der Waals surface area contributed by atoms with Gasteiger partial charge in [-0.2, -0.15) is 5.26 Å². The van der Waals surface area contributed by atoms with Crippen molar-refractivity contribution in [2.24, 2.45) is 5.92 Å². The lowest BCUT2D eigenvalue weighted by Gasteiger charge is -2.33. The van der Waals surface area contributed by atoms with E-state index >= 15 is 0 Å². The van der Waals surface area contributed by atoms with Crippen LogP contribution >= 0.6 is 0 Å².